The van der Waals surface area contributed by atoms with Gasteiger partial charge in [-0.1, -0.05) is 279 Å². The molecule has 1 aliphatic rings. The van der Waals surface area contributed by atoms with Crippen LogP contribution in [0.1, 0.15) is 271 Å². The highest BCUT2D eigenvalue weighted by Crippen LogP contribution is 2.26. The number of hydrogen-bond acceptors (Lipinski definition) is 10. The molecule has 0 aromatic rings. The molecule has 0 aromatic carbocycles. The van der Waals surface area contributed by atoms with Crippen LogP contribution in [0, 0.1) is 0 Å². The number of rotatable bonds is 55. The predicted octanol–water partition coefficient (Wildman–Crippen LogP) is 16.3. The second-order valence-corrected chi connectivity index (χ2v) is 22.6. The first-order chi connectivity index (χ1) is 39.7. The number of amides is 1. The van der Waals surface area contributed by atoms with Gasteiger partial charge in [-0.3, -0.25) is 9.59 Å². The standard InChI is InChI=1S/C70H121NO10/c1-4-7-10-13-16-19-22-25-26-27-28-29-30-31-32-33-34-35-36-37-38-40-43-46-49-52-55-58-65(75)81-68-67(77)66(76)64(59-72)80-70(68)79-60-61(62(73)56-53-50-47-44-42-39-23-20-17-14-11-8-5-2)71-69(78)63(74)57-54-51-48-45-41-24-21-18-15-12-9-6-3/h9,12,15-16,18-19,21,24-26,28-29,41,45,53,56,61-64,66-68,70,72-74,76-77H,4-8,10-11,13-14,17,20,22-23,27,30-40,42-44,46-52,54-55,57-60H2,1-3H3,(H,71,78)/b12-9+,18-15+,19-16-,24-21-,26-25-,29-28-,45-41-,56-53+. The lowest BCUT2D eigenvalue weighted by molar-refractivity contribution is -0.305. The highest BCUT2D eigenvalue weighted by molar-refractivity contribution is 5.80. The topological polar surface area (TPSA) is 175 Å². The molecule has 11 heteroatoms. The summed E-state index contributed by atoms with van der Waals surface area (Å²) in [6.07, 6.45) is 66.1. The molecule has 0 saturated carbocycles. The average molecular weight is 1140 g/mol. The van der Waals surface area contributed by atoms with Crippen LogP contribution in [-0.4, -0.2) is 99.6 Å². The fraction of sp³-hybridized carbons (Fsp3) is 0.743. The predicted molar refractivity (Wildman–Crippen MR) is 338 cm³/mol. The molecule has 81 heavy (non-hydrogen) atoms. The monoisotopic (exact) mass is 1140 g/mol. The van der Waals surface area contributed by atoms with Crippen molar-refractivity contribution in [3.63, 3.8) is 0 Å². The number of aliphatic hydroxyl groups excluding tert-OH is 5. The van der Waals surface area contributed by atoms with Crippen molar-refractivity contribution < 1.29 is 49.3 Å². The third-order valence-electron chi connectivity index (χ3n) is 15.1. The third kappa shape index (κ3) is 44.7. The normalized spacial score (nSPS) is 19.3. The van der Waals surface area contributed by atoms with E-state index in [0.29, 0.717) is 12.8 Å². The van der Waals surface area contributed by atoms with E-state index in [9.17, 15) is 35.1 Å². The van der Waals surface area contributed by atoms with E-state index in [4.69, 9.17) is 14.2 Å². The van der Waals surface area contributed by atoms with Crippen molar-refractivity contribution in [1.29, 1.82) is 0 Å². The molecule has 11 nitrogen and oxygen atoms in total. The van der Waals surface area contributed by atoms with Gasteiger partial charge >= 0.3 is 5.97 Å². The third-order valence-corrected chi connectivity index (χ3v) is 15.1. The van der Waals surface area contributed by atoms with Crippen LogP contribution in [0.15, 0.2) is 97.2 Å². The smallest absolute Gasteiger partial charge is 0.306 e. The second-order valence-electron chi connectivity index (χ2n) is 22.6. The Kier molecular flexibility index (Phi) is 53.2. The summed E-state index contributed by atoms with van der Waals surface area (Å²) < 4.78 is 17.6. The summed E-state index contributed by atoms with van der Waals surface area (Å²) in [6.45, 7) is 5.60. The van der Waals surface area contributed by atoms with E-state index in [-0.39, 0.29) is 19.4 Å². The molecule has 1 heterocycles. The number of nitrogens with one attached hydrogen (secondary N) is 1. The van der Waals surface area contributed by atoms with E-state index >= 15 is 0 Å². The van der Waals surface area contributed by atoms with E-state index in [1.54, 1.807) is 6.08 Å². The molecule has 6 N–H and O–H groups in total. The van der Waals surface area contributed by atoms with Gasteiger partial charge in [-0.15, -0.1) is 0 Å². The van der Waals surface area contributed by atoms with Crippen LogP contribution in [0.4, 0.5) is 0 Å². The first kappa shape index (κ1) is 75.6. The highest BCUT2D eigenvalue weighted by atomic mass is 16.7. The maximum Gasteiger partial charge on any atom is 0.306 e. The summed E-state index contributed by atoms with van der Waals surface area (Å²) >= 11 is 0. The number of ether oxygens (including phenoxy) is 3. The molecule has 8 unspecified atom stereocenters. The molecule has 8 atom stereocenters. The summed E-state index contributed by atoms with van der Waals surface area (Å²) in [4.78, 5) is 26.6. The average Bonchev–Trinajstić information content (AvgIpc) is 3.50. The Morgan fingerprint density at radius 1 is 0.506 bits per heavy atom. The van der Waals surface area contributed by atoms with Gasteiger partial charge in [0.2, 0.25) is 5.91 Å². The lowest BCUT2D eigenvalue weighted by atomic mass is 9.99. The van der Waals surface area contributed by atoms with Crippen LogP contribution in [0.2, 0.25) is 0 Å². The van der Waals surface area contributed by atoms with E-state index < -0.39 is 67.4 Å². The van der Waals surface area contributed by atoms with Crippen LogP contribution >= 0.6 is 0 Å². The Hall–Kier alpha value is -3.42. The minimum absolute atomic E-state index is 0.114. The maximum atomic E-state index is 13.4. The van der Waals surface area contributed by atoms with Gasteiger partial charge in [0.25, 0.3) is 0 Å². The summed E-state index contributed by atoms with van der Waals surface area (Å²) in [5.74, 6) is -1.24. The van der Waals surface area contributed by atoms with Crippen LogP contribution in [0.5, 0.6) is 0 Å². The highest BCUT2D eigenvalue weighted by Gasteiger charge is 2.47. The van der Waals surface area contributed by atoms with Crippen LogP contribution in [-0.2, 0) is 23.8 Å². The van der Waals surface area contributed by atoms with Gasteiger partial charge in [-0.25, -0.2) is 0 Å². The van der Waals surface area contributed by atoms with Crippen LogP contribution in [0.25, 0.3) is 0 Å². The van der Waals surface area contributed by atoms with Crippen LogP contribution < -0.4 is 5.32 Å². The molecule has 1 amide bonds. The molecule has 0 bridgehead atoms. The van der Waals surface area contributed by atoms with Gasteiger partial charge < -0.3 is 45.1 Å². The molecular formula is C70H121NO10. The molecule has 1 aliphatic heterocycles. The zero-order valence-electron chi connectivity index (χ0n) is 51.6. The molecule has 0 spiro atoms. The molecule has 0 aliphatic carbocycles. The van der Waals surface area contributed by atoms with E-state index in [2.05, 4.69) is 68.6 Å². The van der Waals surface area contributed by atoms with Crippen molar-refractivity contribution in [2.75, 3.05) is 13.2 Å². The minimum Gasteiger partial charge on any atom is -0.454 e. The molecule has 0 aromatic heterocycles. The molecule has 0 radical (unpaired) electrons. The van der Waals surface area contributed by atoms with Gasteiger partial charge in [-0.05, 0) is 83.5 Å². The minimum atomic E-state index is -1.63. The Morgan fingerprint density at radius 3 is 1.47 bits per heavy atom. The second kappa shape index (κ2) is 57.0. The Balaban J connectivity index is 2.57. The number of hydrogen-bond donors (Lipinski definition) is 6. The van der Waals surface area contributed by atoms with E-state index in [1.165, 1.54) is 148 Å². The van der Waals surface area contributed by atoms with Gasteiger partial charge in [0.1, 0.15) is 24.4 Å². The van der Waals surface area contributed by atoms with E-state index in [1.807, 2.05) is 48.6 Å². The van der Waals surface area contributed by atoms with Crippen molar-refractivity contribution in [2.45, 2.75) is 320 Å². The SMILES string of the molecule is CC/C=C/C=C/C=C\C=C/CCCCC(O)C(=O)NC(COC1OC(CO)C(O)C(O)C1OC(=O)CCCCCCCCCCCCCCCC/C=C\C/C=C\C/C=C\CCCCC)C(O)/C=C/CCCCCCCCCCCCC. The lowest BCUT2D eigenvalue weighted by Crippen LogP contribution is -2.61. The fourth-order valence-corrected chi connectivity index (χ4v) is 9.85. The maximum absolute atomic E-state index is 13.4. The molecule has 1 fully saturated rings. The number of esters is 1. The molecule has 466 valence electrons. The van der Waals surface area contributed by atoms with Crippen molar-refractivity contribution in [3.05, 3.63) is 97.2 Å². The van der Waals surface area contributed by atoms with Crippen molar-refractivity contribution in [3.8, 4) is 0 Å². The van der Waals surface area contributed by atoms with Gasteiger partial charge in [-0.2, -0.15) is 0 Å². The first-order valence-electron chi connectivity index (χ1n) is 33.1. The summed E-state index contributed by atoms with van der Waals surface area (Å²) in [5.41, 5.74) is 0. The van der Waals surface area contributed by atoms with Gasteiger partial charge in [0.05, 0.1) is 25.4 Å². The Labute approximate surface area is 495 Å². The van der Waals surface area contributed by atoms with E-state index in [0.717, 1.165) is 77.0 Å². The lowest BCUT2D eigenvalue weighted by Gasteiger charge is -2.41. The molecular weight excluding hydrogens is 1010 g/mol. The van der Waals surface area contributed by atoms with Crippen LogP contribution in [0.3, 0.4) is 0 Å². The summed E-state index contributed by atoms with van der Waals surface area (Å²) in [6, 6.07) is -1.05. The molecule has 1 saturated heterocycles. The zero-order chi connectivity index (χ0) is 58.9. The van der Waals surface area contributed by atoms with Gasteiger partial charge in [0.15, 0.2) is 12.4 Å². The number of aliphatic hydroxyl groups is 5. The first-order valence-corrected chi connectivity index (χ1v) is 33.1. The van der Waals surface area contributed by atoms with Crippen molar-refractivity contribution in [1.82, 2.24) is 5.32 Å². The quantitative estimate of drug-likeness (QED) is 0.0149. The Bertz CT molecular complexity index is 1690. The summed E-state index contributed by atoms with van der Waals surface area (Å²) in [7, 11) is 0. The number of unbranched alkanes of at least 4 members (excludes halogenated alkanes) is 30. The summed E-state index contributed by atoms with van der Waals surface area (Å²) in [5, 5.41) is 57.0. The molecule has 1 rings (SSSR count). The van der Waals surface area contributed by atoms with Gasteiger partial charge in [0, 0.05) is 6.42 Å². The van der Waals surface area contributed by atoms with Crippen molar-refractivity contribution >= 4 is 11.9 Å². The number of carbonyl (C=O) groups is 2. The largest absolute Gasteiger partial charge is 0.454 e. The van der Waals surface area contributed by atoms with Crippen molar-refractivity contribution in [2.24, 2.45) is 0 Å². The zero-order valence-corrected chi connectivity index (χ0v) is 51.6. The fourth-order valence-electron chi connectivity index (χ4n) is 9.85. The Morgan fingerprint density at radius 2 is 0.938 bits per heavy atom. The number of allylic oxidation sites excluding steroid dienone is 15. The number of carbonyl (C=O) groups excluding carboxylic acids is 2.